The van der Waals surface area contributed by atoms with Gasteiger partial charge in [0, 0.05) is 12.1 Å². The summed E-state index contributed by atoms with van der Waals surface area (Å²) in [6.07, 6.45) is -0.877. The molecule has 1 amide bonds. The Kier molecular flexibility index (Phi) is 5.13. The number of amides is 1. The number of hydrogen-bond donors (Lipinski definition) is 1. The fourth-order valence-corrected chi connectivity index (χ4v) is 1.94. The molecule has 2 aromatic rings. The molecule has 1 N–H and O–H groups in total. The summed E-state index contributed by atoms with van der Waals surface area (Å²) in [6, 6.07) is 8.93. The average molecular weight is 339 g/mol. The molecule has 0 radical (unpaired) electrons. The minimum Gasteiger partial charge on any atom is -0.481 e. The molecule has 0 saturated carbocycles. The van der Waals surface area contributed by atoms with Gasteiger partial charge in [-0.3, -0.25) is 14.9 Å². The number of non-ortho nitro benzene ring substituents is 1. The van der Waals surface area contributed by atoms with Crippen LogP contribution in [-0.4, -0.2) is 16.9 Å². The van der Waals surface area contributed by atoms with Crippen molar-refractivity contribution in [2.75, 3.05) is 5.32 Å². The third kappa shape index (κ3) is 4.40. The van der Waals surface area contributed by atoms with Gasteiger partial charge in [0.15, 0.2) is 6.10 Å². The molecule has 0 aliphatic heterocycles. The van der Waals surface area contributed by atoms with E-state index in [1.807, 2.05) is 0 Å². The number of hydrogen-bond acceptors (Lipinski definition) is 4. The summed E-state index contributed by atoms with van der Waals surface area (Å²) in [7, 11) is 0. The molecule has 6 nitrogen and oxygen atoms in total. The molecule has 2 aromatic carbocycles. The first-order valence-corrected chi connectivity index (χ1v) is 6.91. The molecule has 120 valence electrons. The second-order valence-electron chi connectivity index (χ2n) is 4.62. The molecule has 1 atom stereocenters. The Hall–Kier alpha value is -2.67. The van der Waals surface area contributed by atoms with Crippen LogP contribution in [0.2, 0.25) is 5.02 Å². The maximum atomic E-state index is 13.0. The summed E-state index contributed by atoms with van der Waals surface area (Å²) in [4.78, 5) is 22.1. The molecular weight excluding hydrogens is 327 g/mol. The number of halogens is 2. The van der Waals surface area contributed by atoms with Crippen LogP contribution in [0, 0.1) is 15.9 Å². The van der Waals surface area contributed by atoms with E-state index in [4.69, 9.17) is 16.3 Å². The molecule has 0 spiro atoms. The van der Waals surface area contributed by atoms with Crippen molar-refractivity contribution < 1.29 is 18.8 Å². The van der Waals surface area contributed by atoms with Crippen molar-refractivity contribution in [1.82, 2.24) is 0 Å². The van der Waals surface area contributed by atoms with Gasteiger partial charge >= 0.3 is 0 Å². The number of nitrogens with zero attached hydrogens (tertiary/aromatic N) is 1. The Labute approximate surface area is 136 Å². The molecule has 2 rings (SSSR count). The number of nitro groups is 1. The van der Waals surface area contributed by atoms with Crippen molar-refractivity contribution in [2.24, 2.45) is 0 Å². The van der Waals surface area contributed by atoms with Crippen molar-refractivity contribution in [3.8, 4) is 5.75 Å². The first kappa shape index (κ1) is 16.7. The molecule has 0 fully saturated rings. The van der Waals surface area contributed by atoms with E-state index in [9.17, 15) is 19.3 Å². The summed E-state index contributed by atoms with van der Waals surface area (Å²) in [5, 5.41) is 13.1. The Morgan fingerprint density at radius 2 is 1.96 bits per heavy atom. The molecule has 0 aliphatic rings. The van der Waals surface area contributed by atoms with E-state index >= 15 is 0 Å². The lowest BCUT2D eigenvalue weighted by Gasteiger charge is -2.15. The summed E-state index contributed by atoms with van der Waals surface area (Å²) < 4.78 is 18.3. The van der Waals surface area contributed by atoms with E-state index in [2.05, 4.69) is 5.32 Å². The fourth-order valence-electron chi connectivity index (χ4n) is 1.73. The van der Waals surface area contributed by atoms with Gasteiger partial charge in [-0.15, -0.1) is 0 Å². The predicted molar refractivity (Wildman–Crippen MR) is 83.2 cm³/mol. The predicted octanol–water partition coefficient (Wildman–Crippen LogP) is 3.79. The number of benzene rings is 2. The van der Waals surface area contributed by atoms with Crippen LogP contribution in [0.3, 0.4) is 0 Å². The lowest BCUT2D eigenvalue weighted by molar-refractivity contribution is -0.384. The lowest BCUT2D eigenvalue weighted by atomic mass is 10.2. The molecule has 0 aromatic heterocycles. The number of carbonyl (C=O) groups is 1. The maximum absolute atomic E-state index is 13.0. The molecule has 0 unspecified atom stereocenters. The molecule has 0 heterocycles. The Balaban J connectivity index is 2.00. The zero-order valence-electron chi connectivity index (χ0n) is 12.0. The molecule has 0 saturated heterocycles. The number of carbonyl (C=O) groups excluding carboxylic acids is 1. The van der Waals surface area contributed by atoms with Crippen LogP contribution in [0.25, 0.3) is 0 Å². The van der Waals surface area contributed by atoms with Gasteiger partial charge in [-0.05, 0) is 37.3 Å². The second-order valence-corrected chi connectivity index (χ2v) is 5.03. The van der Waals surface area contributed by atoms with Gasteiger partial charge < -0.3 is 10.1 Å². The smallest absolute Gasteiger partial charge is 0.269 e. The third-order valence-electron chi connectivity index (χ3n) is 2.92. The number of nitro benzene ring substituents is 1. The van der Waals surface area contributed by atoms with Gasteiger partial charge in [-0.1, -0.05) is 11.6 Å². The first-order valence-electron chi connectivity index (χ1n) is 6.54. The van der Waals surface area contributed by atoms with Crippen LogP contribution < -0.4 is 10.1 Å². The highest BCUT2D eigenvalue weighted by atomic mass is 35.5. The standard InChI is InChI=1S/C15H12ClFN2O4/c1-9(23-12-5-3-11(4-6-12)19(21)22)15(20)18-14-7-2-10(17)8-13(14)16/h2-9H,1H3,(H,18,20)/t9-/m1/s1. The van der Waals surface area contributed by atoms with Crippen LogP contribution >= 0.6 is 11.6 Å². The number of nitrogens with one attached hydrogen (secondary N) is 1. The van der Waals surface area contributed by atoms with Gasteiger partial charge in [0.1, 0.15) is 11.6 Å². The van der Waals surface area contributed by atoms with E-state index < -0.39 is 22.8 Å². The first-order chi connectivity index (χ1) is 10.9. The number of rotatable bonds is 5. The van der Waals surface area contributed by atoms with Gasteiger partial charge in [-0.2, -0.15) is 0 Å². The highest BCUT2D eigenvalue weighted by Gasteiger charge is 2.17. The van der Waals surface area contributed by atoms with Crippen molar-refractivity contribution in [3.63, 3.8) is 0 Å². The van der Waals surface area contributed by atoms with Crippen LogP contribution in [0.1, 0.15) is 6.92 Å². The van der Waals surface area contributed by atoms with E-state index in [0.29, 0.717) is 5.75 Å². The Bertz CT molecular complexity index is 737. The SMILES string of the molecule is C[C@@H](Oc1ccc([N+](=O)[O-])cc1)C(=O)Nc1ccc(F)cc1Cl. The van der Waals surface area contributed by atoms with E-state index in [1.54, 1.807) is 0 Å². The second kappa shape index (κ2) is 7.06. The highest BCUT2D eigenvalue weighted by molar-refractivity contribution is 6.33. The van der Waals surface area contributed by atoms with Crippen molar-refractivity contribution in [1.29, 1.82) is 0 Å². The normalized spacial score (nSPS) is 11.6. The lowest BCUT2D eigenvalue weighted by Crippen LogP contribution is -2.30. The summed E-state index contributed by atoms with van der Waals surface area (Å²) in [5.41, 5.74) is 0.185. The maximum Gasteiger partial charge on any atom is 0.269 e. The van der Waals surface area contributed by atoms with Crippen molar-refractivity contribution in [2.45, 2.75) is 13.0 Å². The van der Waals surface area contributed by atoms with Crippen molar-refractivity contribution >= 4 is 28.9 Å². The quantitative estimate of drug-likeness (QED) is 0.664. The molecular formula is C15H12ClFN2O4. The summed E-state index contributed by atoms with van der Waals surface area (Å²) in [6.45, 7) is 1.51. The van der Waals surface area contributed by atoms with Gasteiger partial charge in [0.05, 0.1) is 15.6 Å². The van der Waals surface area contributed by atoms with E-state index in [1.165, 1.54) is 43.3 Å². The zero-order valence-corrected chi connectivity index (χ0v) is 12.7. The van der Waals surface area contributed by atoms with Crippen molar-refractivity contribution in [3.05, 3.63) is 63.4 Å². The fraction of sp³-hybridized carbons (Fsp3) is 0.133. The largest absolute Gasteiger partial charge is 0.481 e. The molecule has 8 heteroatoms. The zero-order chi connectivity index (χ0) is 17.0. The summed E-state index contributed by atoms with van der Waals surface area (Å²) in [5.74, 6) is -0.691. The summed E-state index contributed by atoms with van der Waals surface area (Å²) >= 11 is 5.83. The van der Waals surface area contributed by atoms with E-state index in [0.717, 1.165) is 6.07 Å². The van der Waals surface area contributed by atoms with Crippen LogP contribution in [0.15, 0.2) is 42.5 Å². The Morgan fingerprint density at radius 1 is 1.30 bits per heavy atom. The van der Waals surface area contributed by atoms with Gasteiger partial charge in [0.2, 0.25) is 0 Å². The molecule has 0 bridgehead atoms. The van der Waals surface area contributed by atoms with Gasteiger partial charge in [0.25, 0.3) is 11.6 Å². The third-order valence-corrected chi connectivity index (χ3v) is 3.23. The minimum absolute atomic E-state index is 0.0703. The molecule has 0 aliphatic carbocycles. The number of anilines is 1. The number of ether oxygens (including phenoxy) is 1. The van der Waals surface area contributed by atoms with Crippen LogP contribution in [0.4, 0.5) is 15.8 Å². The molecule has 23 heavy (non-hydrogen) atoms. The van der Waals surface area contributed by atoms with Crippen LogP contribution in [-0.2, 0) is 4.79 Å². The average Bonchev–Trinajstić information content (AvgIpc) is 2.50. The Morgan fingerprint density at radius 3 is 2.52 bits per heavy atom. The van der Waals surface area contributed by atoms with Crippen LogP contribution in [0.5, 0.6) is 5.75 Å². The minimum atomic E-state index is -0.877. The highest BCUT2D eigenvalue weighted by Crippen LogP contribution is 2.23. The topological polar surface area (TPSA) is 81.5 Å². The van der Waals surface area contributed by atoms with Gasteiger partial charge in [-0.25, -0.2) is 4.39 Å². The van der Waals surface area contributed by atoms with E-state index in [-0.39, 0.29) is 16.4 Å². The monoisotopic (exact) mass is 338 g/mol.